The van der Waals surface area contributed by atoms with Gasteiger partial charge in [0.05, 0.1) is 6.10 Å². The van der Waals surface area contributed by atoms with Crippen LogP contribution in [0.1, 0.15) is 102 Å². The summed E-state index contributed by atoms with van der Waals surface area (Å²) in [5.41, 5.74) is 5.50. The Bertz CT molecular complexity index is 1050. The molecule has 2 aliphatic carbocycles. The Morgan fingerprint density at radius 3 is 1.36 bits per heavy atom. The lowest BCUT2D eigenvalue weighted by atomic mass is 9.61. The lowest BCUT2D eigenvalue weighted by Crippen LogP contribution is -2.38. The number of hydrogen-bond donors (Lipinski definition) is 1. The van der Waals surface area contributed by atoms with Crippen LogP contribution in [0.25, 0.3) is 0 Å². The molecule has 0 aromatic heterocycles. The average Bonchev–Trinajstić information content (AvgIpc) is 2.84. The standard InChI is InChI=1S/C41H62O/c1-30(18-14-20-32(3)22-24-38-35(6)26-34(5)28-40(38,8)9)16-12-13-17-31(2)19-15-21-33(4)23-25-39-36(7)27-37(42)29-41(39,10)11/h12-25,34-39,42H,26-29H2,1-11H3/b13-12+,18-14+,19-15+,24-22+,25-23+,30-16+,31-17+,32-20+,33-21+. The topological polar surface area (TPSA) is 20.2 Å². The molecule has 0 amide bonds. The molecule has 2 aliphatic rings. The molecule has 0 saturated heterocycles. The molecule has 2 fully saturated rings. The van der Waals surface area contributed by atoms with E-state index in [0.717, 1.165) is 24.7 Å². The van der Waals surface area contributed by atoms with Gasteiger partial charge in [0.25, 0.3) is 0 Å². The van der Waals surface area contributed by atoms with Gasteiger partial charge in [0, 0.05) is 0 Å². The van der Waals surface area contributed by atoms with Gasteiger partial charge in [0.15, 0.2) is 0 Å². The lowest BCUT2D eigenvalue weighted by molar-refractivity contribution is 0.00771. The molecule has 2 rings (SSSR count). The van der Waals surface area contributed by atoms with Crippen molar-refractivity contribution in [3.63, 3.8) is 0 Å². The second-order valence-corrected chi connectivity index (χ2v) is 15.1. The van der Waals surface area contributed by atoms with Crippen LogP contribution in [0.2, 0.25) is 0 Å². The van der Waals surface area contributed by atoms with Crippen LogP contribution < -0.4 is 0 Å². The number of rotatable bonds is 10. The summed E-state index contributed by atoms with van der Waals surface area (Å²) in [5, 5.41) is 10.1. The van der Waals surface area contributed by atoms with Gasteiger partial charge in [0.1, 0.15) is 0 Å². The van der Waals surface area contributed by atoms with E-state index < -0.39 is 0 Å². The van der Waals surface area contributed by atoms with Crippen molar-refractivity contribution in [1.82, 2.24) is 0 Å². The second kappa shape index (κ2) is 16.5. The van der Waals surface area contributed by atoms with Gasteiger partial charge in [-0.25, -0.2) is 0 Å². The highest BCUT2D eigenvalue weighted by Crippen LogP contribution is 2.47. The molecule has 0 radical (unpaired) electrons. The number of hydrogen-bond acceptors (Lipinski definition) is 1. The molecule has 0 aromatic rings. The molecule has 0 aliphatic heterocycles. The second-order valence-electron chi connectivity index (χ2n) is 15.1. The normalized spacial score (nSPS) is 31.9. The Hall–Kier alpha value is -2.38. The van der Waals surface area contributed by atoms with Crippen LogP contribution in [-0.4, -0.2) is 11.2 Å². The van der Waals surface area contributed by atoms with Crippen molar-refractivity contribution in [3.05, 3.63) is 107 Å². The fraction of sp³-hybridized carbons (Fsp3) is 0.561. The fourth-order valence-electron chi connectivity index (χ4n) is 7.59. The highest BCUT2D eigenvalue weighted by atomic mass is 16.3. The van der Waals surface area contributed by atoms with Crippen molar-refractivity contribution < 1.29 is 5.11 Å². The molecule has 42 heavy (non-hydrogen) atoms. The van der Waals surface area contributed by atoms with Crippen LogP contribution in [0.3, 0.4) is 0 Å². The largest absolute Gasteiger partial charge is 0.393 e. The molecular formula is C41H62O. The van der Waals surface area contributed by atoms with Crippen molar-refractivity contribution in [2.24, 2.45) is 40.4 Å². The Balaban J connectivity index is 1.86. The van der Waals surface area contributed by atoms with Gasteiger partial charge in [-0.3, -0.25) is 0 Å². The molecule has 0 aromatic carbocycles. The maximum absolute atomic E-state index is 10.1. The number of allylic oxidation sites excluding steroid dienone is 18. The van der Waals surface area contributed by atoms with Crippen molar-refractivity contribution in [1.29, 1.82) is 0 Å². The third kappa shape index (κ3) is 12.1. The minimum Gasteiger partial charge on any atom is -0.393 e. The predicted molar refractivity (Wildman–Crippen MR) is 187 cm³/mol. The Labute approximate surface area is 260 Å². The molecule has 1 nitrogen and oxygen atoms in total. The molecule has 1 N–H and O–H groups in total. The van der Waals surface area contributed by atoms with Crippen LogP contribution in [0.5, 0.6) is 0 Å². The van der Waals surface area contributed by atoms with E-state index in [9.17, 15) is 5.11 Å². The first-order valence-corrected chi connectivity index (χ1v) is 16.4. The van der Waals surface area contributed by atoms with E-state index in [1.807, 2.05) is 0 Å². The van der Waals surface area contributed by atoms with Gasteiger partial charge in [-0.2, -0.15) is 0 Å². The first-order chi connectivity index (χ1) is 19.6. The molecular weight excluding hydrogens is 508 g/mol. The molecule has 1 heteroatoms. The van der Waals surface area contributed by atoms with Crippen molar-refractivity contribution in [2.75, 3.05) is 0 Å². The van der Waals surface area contributed by atoms with E-state index in [-0.39, 0.29) is 11.5 Å². The fourth-order valence-corrected chi connectivity index (χ4v) is 7.59. The van der Waals surface area contributed by atoms with Crippen LogP contribution in [-0.2, 0) is 0 Å². The first kappa shape index (κ1) is 35.8. The number of aliphatic hydroxyl groups excluding tert-OH is 1. The van der Waals surface area contributed by atoms with Gasteiger partial charge in [-0.15, -0.1) is 0 Å². The molecule has 2 saturated carbocycles. The van der Waals surface area contributed by atoms with Crippen molar-refractivity contribution in [3.8, 4) is 0 Å². The van der Waals surface area contributed by atoms with Crippen LogP contribution >= 0.6 is 0 Å². The predicted octanol–water partition coefficient (Wildman–Crippen LogP) is 11.7. The van der Waals surface area contributed by atoms with Crippen LogP contribution in [0.15, 0.2) is 107 Å². The van der Waals surface area contributed by atoms with Gasteiger partial charge in [0.2, 0.25) is 0 Å². The molecule has 0 heterocycles. The van der Waals surface area contributed by atoms with Gasteiger partial charge in [-0.05, 0) is 93.8 Å². The summed E-state index contributed by atoms with van der Waals surface area (Å²) in [6, 6.07) is 0. The van der Waals surface area contributed by atoms with Gasteiger partial charge in [-0.1, -0.05) is 156 Å². The Morgan fingerprint density at radius 2 is 0.929 bits per heavy atom. The van der Waals surface area contributed by atoms with E-state index in [0.29, 0.717) is 23.2 Å². The third-order valence-electron chi connectivity index (χ3n) is 9.48. The zero-order valence-electron chi connectivity index (χ0n) is 28.8. The highest BCUT2D eigenvalue weighted by Gasteiger charge is 2.39. The van der Waals surface area contributed by atoms with E-state index in [1.165, 1.54) is 35.1 Å². The molecule has 0 spiro atoms. The van der Waals surface area contributed by atoms with E-state index in [4.69, 9.17) is 0 Å². The third-order valence-corrected chi connectivity index (χ3v) is 9.48. The van der Waals surface area contributed by atoms with Crippen LogP contribution in [0, 0.1) is 40.4 Å². The zero-order valence-corrected chi connectivity index (χ0v) is 28.8. The lowest BCUT2D eigenvalue weighted by Gasteiger charge is -2.44. The molecule has 232 valence electrons. The summed E-state index contributed by atoms with van der Waals surface area (Å²) in [7, 11) is 0. The van der Waals surface area contributed by atoms with E-state index >= 15 is 0 Å². The van der Waals surface area contributed by atoms with E-state index in [1.54, 1.807) is 0 Å². The number of aliphatic hydroxyl groups is 1. The summed E-state index contributed by atoms with van der Waals surface area (Å²) in [6.07, 6.45) is 35.1. The van der Waals surface area contributed by atoms with E-state index in [2.05, 4.69) is 161 Å². The van der Waals surface area contributed by atoms with Crippen molar-refractivity contribution >= 4 is 0 Å². The van der Waals surface area contributed by atoms with Gasteiger partial charge >= 0.3 is 0 Å². The molecule has 0 bridgehead atoms. The molecule has 6 unspecified atom stereocenters. The maximum atomic E-state index is 10.1. The quantitative estimate of drug-likeness (QED) is 0.259. The maximum Gasteiger partial charge on any atom is 0.0548 e. The summed E-state index contributed by atoms with van der Waals surface area (Å²) in [4.78, 5) is 0. The summed E-state index contributed by atoms with van der Waals surface area (Å²) >= 11 is 0. The minimum atomic E-state index is -0.162. The summed E-state index contributed by atoms with van der Waals surface area (Å²) in [6.45, 7) is 25.1. The van der Waals surface area contributed by atoms with Gasteiger partial charge < -0.3 is 5.11 Å². The Morgan fingerprint density at radius 1 is 0.548 bits per heavy atom. The first-order valence-electron chi connectivity index (χ1n) is 16.4. The monoisotopic (exact) mass is 570 g/mol. The molecule has 6 atom stereocenters. The summed E-state index contributed by atoms with van der Waals surface area (Å²) in [5.74, 6) is 3.23. The minimum absolute atomic E-state index is 0.134. The zero-order chi connectivity index (χ0) is 31.5. The average molecular weight is 571 g/mol. The van der Waals surface area contributed by atoms with Crippen molar-refractivity contribution in [2.45, 2.75) is 108 Å². The Kier molecular flexibility index (Phi) is 14.0. The summed E-state index contributed by atoms with van der Waals surface area (Å²) < 4.78 is 0. The SMILES string of the molecule is CC(/C=C/C=C(C)/C=C/C1C(C)CC(C)CC1(C)C)=C\C=C\C=C(C)\C=C\C=C(C)\C=C\C1C(C)CC(O)CC1(C)C. The smallest absolute Gasteiger partial charge is 0.0548 e. The highest BCUT2D eigenvalue weighted by molar-refractivity contribution is 5.32. The van der Waals surface area contributed by atoms with Crippen LogP contribution in [0.4, 0.5) is 0 Å².